The molecule has 0 unspecified atom stereocenters. The summed E-state index contributed by atoms with van der Waals surface area (Å²) in [6.07, 6.45) is 1.20. The number of carbonyl (C=O) groups excluding carboxylic acids is 3. The number of hydrogen-bond donors (Lipinski definition) is 1. The molecule has 0 heterocycles. The molecule has 0 fully saturated rings. The van der Waals surface area contributed by atoms with Gasteiger partial charge in [-0.2, -0.15) is 8.42 Å². The van der Waals surface area contributed by atoms with E-state index in [9.17, 15) is 22.8 Å². The molecule has 0 aromatic carbocycles. The van der Waals surface area contributed by atoms with Crippen LogP contribution < -0.4 is 0 Å². The van der Waals surface area contributed by atoms with Crippen molar-refractivity contribution in [3.8, 4) is 0 Å². The van der Waals surface area contributed by atoms with E-state index in [2.05, 4.69) is 17.9 Å². The monoisotopic (exact) mass is 448 g/mol. The summed E-state index contributed by atoms with van der Waals surface area (Å²) < 4.78 is 45.3. The fraction of sp³-hybridized carbons (Fsp3) is 0.588. The van der Waals surface area contributed by atoms with Crippen molar-refractivity contribution in [2.24, 2.45) is 5.41 Å². The van der Waals surface area contributed by atoms with Crippen LogP contribution >= 0.6 is 0 Å². The second-order valence-electron chi connectivity index (χ2n) is 6.23. The van der Waals surface area contributed by atoms with Gasteiger partial charge in [0.2, 0.25) is 5.94 Å². The van der Waals surface area contributed by atoms with Crippen LogP contribution in [0.1, 0.15) is 42.9 Å². The Balaban J connectivity index is -0.00000113. The third kappa shape index (κ3) is 11.2. The molecule has 0 aliphatic carbocycles. The number of esters is 3. The van der Waals surface area contributed by atoms with Crippen molar-refractivity contribution < 1.29 is 44.4 Å². The Morgan fingerprint density at radius 1 is 1.00 bits per heavy atom. The molecule has 0 saturated heterocycles. The van der Waals surface area contributed by atoms with Gasteiger partial charge in [0.25, 0.3) is 0 Å². The van der Waals surface area contributed by atoms with E-state index >= 15 is 0 Å². The second kappa shape index (κ2) is 13.3. The third-order valence-corrected chi connectivity index (χ3v) is 3.85. The summed E-state index contributed by atoms with van der Waals surface area (Å²) in [6.45, 7) is 10.5. The van der Waals surface area contributed by atoms with Gasteiger partial charge < -0.3 is 17.1 Å². The van der Waals surface area contributed by atoms with Crippen LogP contribution in [0.25, 0.3) is 0 Å². The molecule has 0 aromatic rings. The molecule has 0 spiro atoms. The molecule has 28 heavy (non-hydrogen) atoms. The summed E-state index contributed by atoms with van der Waals surface area (Å²) >= 11 is 0. The molecule has 0 amide bonds. The molecule has 0 atom stereocenters. The molecule has 0 rings (SSSR count). The van der Waals surface area contributed by atoms with E-state index in [0.717, 1.165) is 0 Å². The quantitative estimate of drug-likeness (QED) is 0.155. The van der Waals surface area contributed by atoms with Crippen LogP contribution in [0.5, 0.6) is 0 Å². The zero-order chi connectivity index (χ0) is 21.3. The predicted octanol–water partition coefficient (Wildman–Crippen LogP) is 1.63. The minimum atomic E-state index is -4.58. The molecule has 0 saturated carbocycles. The van der Waals surface area contributed by atoms with Crippen LogP contribution in [0, 0.1) is 5.41 Å². The normalized spacial score (nSPS) is 11.0. The molecular weight excluding hydrogens is 420 g/mol. The van der Waals surface area contributed by atoms with E-state index in [4.69, 9.17) is 14.0 Å². The zero-order valence-corrected chi connectivity index (χ0v) is 19.5. The maximum atomic E-state index is 12.6. The first-order valence-electron chi connectivity index (χ1n) is 8.12. The van der Waals surface area contributed by atoms with Gasteiger partial charge in [-0.05, 0) is 20.3 Å². The van der Waals surface area contributed by atoms with Gasteiger partial charge in [-0.15, -0.1) is 0 Å². The SMILES string of the molecule is C=C(C)C(=O)OCC(CCCC)(COC(=O)C(=C)C)C(=O)OCS(=O)(=O)O.[Ca+2].[H-].[H-]. The molecule has 0 aromatic heterocycles. The van der Waals surface area contributed by atoms with Crippen molar-refractivity contribution in [2.75, 3.05) is 19.2 Å². The summed E-state index contributed by atoms with van der Waals surface area (Å²) in [5.74, 6) is -3.91. The Hall–Kier alpha value is -0.940. The molecule has 0 bridgehead atoms. The fourth-order valence-corrected chi connectivity index (χ4v) is 2.11. The molecule has 158 valence electrons. The van der Waals surface area contributed by atoms with Crippen LogP contribution in [0.2, 0.25) is 0 Å². The number of rotatable bonds is 12. The molecular formula is C17H28CaO9S. The first kappa shape index (κ1) is 29.3. The second-order valence-corrected chi connectivity index (χ2v) is 7.63. The van der Waals surface area contributed by atoms with E-state index in [1.165, 1.54) is 13.8 Å². The van der Waals surface area contributed by atoms with Gasteiger partial charge in [0.05, 0.1) is 0 Å². The summed E-state index contributed by atoms with van der Waals surface area (Å²) in [6, 6.07) is 0. The summed E-state index contributed by atoms with van der Waals surface area (Å²) in [4.78, 5) is 36.0. The summed E-state index contributed by atoms with van der Waals surface area (Å²) in [7, 11) is -4.58. The Bertz CT molecular complexity index is 678. The van der Waals surface area contributed by atoms with Gasteiger partial charge in [-0.25, -0.2) is 9.59 Å². The maximum absolute atomic E-state index is 12.6. The molecule has 0 aliphatic heterocycles. The number of ether oxygens (including phenoxy) is 3. The first-order chi connectivity index (χ1) is 12.3. The predicted molar refractivity (Wildman–Crippen MR) is 104 cm³/mol. The zero-order valence-electron chi connectivity index (χ0n) is 18.5. The van der Waals surface area contributed by atoms with Crippen molar-refractivity contribution >= 4 is 65.8 Å². The Kier molecular flexibility index (Phi) is 13.9. The third-order valence-electron chi connectivity index (χ3n) is 3.44. The Labute approximate surface area is 198 Å². The molecule has 0 radical (unpaired) electrons. The van der Waals surface area contributed by atoms with Crippen molar-refractivity contribution in [3.05, 3.63) is 24.3 Å². The van der Waals surface area contributed by atoms with E-state index in [0.29, 0.717) is 12.8 Å². The molecule has 9 nitrogen and oxygen atoms in total. The van der Waals surface area contributed by atoms with Crippen molar-refractivity contribution in [2.45, 2.75) is 40.0 Å². The van der Waals surface area contributed by atoms with E-state index in [1.807, 2.05) is 6.92 Å². The van der Waals surface area contributed by atoms with Crippen LogP contribution in [0.3, 0.4) is 0 Å². The molecule has 1 N–H and O–H groups in total. The standard InChI is InChI=1S/C17H26O9S.Ca.2H/c1-6-7-8-17(9-24-14(18)12(2)3,10-25-15(19)13(4)5)16(20)26-11-27(21,22)23;;;/h2,4,6-11H2,1,3,5H3,(H,21,22,23);;;/q;+2;2*-1. The topological polar surface area (TPSA) is 133 Å². The smallest absolute Gasteiger partial charge is 1.00 e. The van der Waals surface area contributed by atoms with Crippen LogP contribution in [0.15, 0.2) is 24.3 Å². The number of unbranched alkanes of at least 4 members (excludes halogenated alkanes) is 1. The summed E-state index contributed by atoms with van der Waals surface area (Å²) in [5.41, 5.74) is -1.47. The average molecular weight is 449 g/mol. The van der Waals surface area contributed by atoms with Crippen LogP contribution in [0.4, 0.5) is 0 Å². The van der Waals surface area contributed by atoms with E-state index in [1.54, 1.807) is 0 Å². The van der Waals surface area contributed by atoms with Gasteiger partial charge in [0.15, 0.2) is 0 Å². The van der Waals surface area contributed by atoms with Crippen LogP contribution in [-0.2, 0) is 38.7 Å². The van der Waals surface area contributed by atoms with Crippen molar-refractivity contribution in [1.82, 2.24) is 0 Å². The van der Waals surface area contributed by atoms with Crippen molar-refractivity contribution in [1.29, 1.82) is 0 Å². The fourth-order valence-electron chi connectivity index (χ4n) is 1.86. The van der Waals surface area contributed by atoms with E-state index < -0.39 is 52.6 Å². The number of carbonyl (C=O) groups is 3. The van der Waals surface area contributed by atoms with Gasteiger partial charge >= 0.3 is 65.8 Å². The van der Waals surface area contributed by atoms with Gasteiger partial charge in [-0.3, -0.25) is 9.35 Å². The molecule has 11 heteroatoms. The minimum Gasteiger partial charge on any atom is -1.00 e. The van der Waals surface area contributed by atoms with Gasteiger partial charge in [0.1, 0.15) is 18.6 Å². The Morgan fingerprint density at radius 3 is 1.75 bits per heavy atom. The Morgan fingerprint density at radius 2 is 1.43 bits per heavy atom. The summed E-state index contributed by atoms with van der Waals surface area (Å²) in [5, 5.41) is 0. The average Bonchev–Trinajstić information content (AvgIpc) is 2.57. The van der Waals surface area contributed by atoms with Gasteiger partial charge in [0, 0.05) is 11.1 Å². The van der Waals surface area contributed by atoms with Crippen molar-refractivity contribution in [3.63, 3.8) is 0 Å². The van der Waals surface area contributed by atoms with Gasteiger partial charge in [-0.1, -0.05) is 32.9 Å². The maximum Gasteiger partial charge on any atom is 2.00 e. The minimum absolute atomic E-state index is 0. The van der Waals surface area contributed by atoms with Crippen LogP contribution in [-0.4, -0.2) is 87.8 Å². The van der Waals surface area contributed by atoms with E-state index in [-0.39, 0.29) is 58.2 Å². The first-order valence-corrected chi connectivity index (χ1v) is 9.73. The largest absolute Gasteiger partial charge is 2.00 e. The molecule has 0 aliphatic rings. The number of hydrogen-bond acceptors (Lipinski definition) is 8.